The van der Waals surface area contributed by atoms with Gasteiger partial charge in [0.15, 0.2) is 6.23 Å². The van der Waals surface area contributed by atoms with Gasteiger partial charge in [-0.2, -0.15) is 0 Å². The lowest BCUT2D eigenvalue weighted by atomic mass is 10.1. The largest absolute Gasteiger partial charge is 0.508 e. The SMILES string of the molecule is CCOC(=O)OC[C@H]1O[C@@H](n2ccc(=O)[nH]c2=O)[C@H](O)[C@@H]1O. The Bertz CT molecular complexity index is 639. The molecule has 1 saturated heterocycles. The maximum Gasteiger partial charge on any atom is 0.508 e. The quantitative estimate of drug-likeness (QED) is 0.560. The number of nitrogens with one attached hydrogen (secondary N) is 1. The van der Waals surface area contributed by atoms with Crippen LogP contribution >= 0.6 is 0 Å². The number of rotatable bonds is 4. The third-order valence-electron chi connectivity index (χ3n) is 3.09. The van der Waals surface area contributed by atoms with Gasteiger partial charge in [0, 0.05) is 12.3 Å². The fraction of sp³-hybridized carbons (Fsp3) is 0.583. The van der Waals surface area contributed by atoms with Crippen molar-refractivity contribution in [3.05, 3.63) is 33.1 Å². The van der Waals surface area contributed by atoms with Crippen LogP contribution in [-0.2, 0) is 14.2 Å². The van der Waals surface area contributed by atoms with Gasteiger partial charge in [-0.3, -0.25) is 14.3 Å². The fourth-order valence-electron chi connectivity index (χ4n) is 2.03. The summed E-state index contributed by atoms with van der Waals surface area (Å²) in [5, 5.41) is 19.8. The van der Waals surface area contributed by atoms with Gasteiger partial charge in [-0.05, 0) is 6.92 Å². The molecule has 2 rings (SSSR count). The smallest absolute Gasteiger partial charge is 0.435 e. The lowest BCUT2D eigenvalue weighted by molar-refractivity contribution is -0.0638. The Hall–Kier alpha value is -2.17. The molecule has 0 aromatic carbocycles. The number of carbonyl (C=O) groups is 1. The van der Waals surface area contributed by atoms with Crippen molar-refractivity contribution < 1.29 is 29.2 Å². The van der Waals surface area contributed by atoms with Gasteiger partial charge in [-0.1, -0.05) is 0 Å². The van der Waals surface area contributed by atoms with Crippen LogP contribution in [0.15, 0.2) is 21.9 Å². The second-order valence-corrected chi connectivity index (χ2v) is 4.56. The number of aromatic nitrogens is 2. The van der Waals surface area contributed by atoms with Gasteiger partial charge < -0.3 is 24.4 Å². The van der Waals surface area contributed by atoms with Crippen molar-refractivity contribution in [3.63, 3.8) is 0 Å². The van der Waals surface area contributed by atoms with Gasteiger partial charge in [-0.15, -0.1) is 0 Å². The van der Waals surface area contributed by atoms with E-state index in [4.69, 9.17) is 9.47 Å². The zero-order valence-electron chi connectivity index (χ0n) is 11.7. The van der Waals surface area contributed by atoms with Gasteiger partial charge >= 0.3 is 11.8 Å². The standard InChI is InChI=1S/C12H16N2O8/c1-2-20-12(19)21-5-6-8(16)9(17)10(22-6)14-4-3-7(15)13-11(14)18/h3-4,6,8-10,16-17H,2,5H2,1H3,(H,13,15,18)/t6-,8-,9-,10-/m1/s1. The minimum absolute atomic E-state index is 0.130. The van der Waals surface area contributed by atoms with Crippen molar-refractivity contribution >= 4 is 6.16 Å². The van der Waals surface area contributed by atoms with Crippen molar-refractivity contribution in [3.8, 4) is 0 Å². The lowest BCUT2D eigenvalue weighted by Gasteiger charge is -2.16. The van der Waals surface area contributed by atoms with Crippen LogP contribution in [-0.4, -0.2) is 57.4 Å². The maximum absolute atomic E-state index is 11.7. The summed E-state index contributed by atoms with van der Waals surface area (Å²) in [6.07, 6.45) is -4.86. The molecule has 2 heterocycles. The molecular weight excluding hydrogens is 300 g/mol. The number of nitrogens with zero attached hydrogens (tertiary/aromatic N) is 1. The fourth-order valence-corrected chi connectivity index (χ4v) is 2.03. The van der Waals surface area contributed by atoms with Crippen LogP contribution in [0, 0.1) is 0 Å². The second-order valence-electron chi connectivity index (χ2n) is 4.56. The Balaban J connectivity index is 2.08. The lowest BCUT2D eigenvalue weighted by Crippen LogP contribution is -2.37. The molecule has 0 spiro atoms. The molecule has 122 valence electrons. The number of hydrogen-bond donors (Lipinski definition) is 3. The van der Waals surface area contributed by atoms with Crippen LogP contribution in [0.25, 0.3) is 0 Å². The van der Waals surface area contributed by atoms with Gasteiger partial charge in [0.1, 0.15) is 24.9 Å². The first kappa shape index (κ1) is 16.2. The van der Waals surface area contributed by atoms with Gasteiger partial charge in [0.25, 0.3) is 5.56 Å². The van der Waals surface area contributed by atoms with E-state index in [0.29, 0.717) is 0 Å². The van der Waals surface area contributed by atoms with E-state index in [0.717, 1.165) is 16.8 Å². The Labute approximate surface area is 123 Å². The van der Waals surface area contributed by atoms with Gasteiger partial charge in [0.2, 0.25) is 0 Å². The molecule has 0 aliphatic carbocycles. The summed E-state index contributed by atoms with van der Waals surface area (Å²) in [5.74, 6) is 0. The highest BCUT2D eigenvalue weighted by atomic mass is 16.7. The van der Waals surface area contributed by atoms with Crippen LogP contribution < -0.4 is 11.2 Å². The molecule has 0 bridgehead atoms. The molecular formula is C12H16N2O8. The molecule has 1 aromatic heterocycles. The summed E-state index contributed by atoms with van der Waals surface area (Å²) >= 11 is 0. The first-order valence-corrected chi connectivity index (χ1v) is 6.56. The zero-order valence-corrected chi connectivity index (χ0v) is 11.7. The van der Waals surface area contributed by atoms with Crippen molar-refractivity contribution in [2.24, 2.45) is 0 Å². The second kappa shape index (κ2) is 6.73. The van der Waals surface area contributed by atoms with Crippen LogP contribution in [0.3, 0.4) is 0 Å². The molecule has 10 heteroatoms. The molecule has 1 aliphatic heterocycles. The molecule has 1 fully saturated rings. The number of aliphatic hydroxyl groups is 2. The molecule has 1 aromatic rings. The Morgan fingerprint density at radius 3 is 2.73 bits per heavy atom. The molecule has 0 amide bonds. The summed E-state index contributed by atoms with van der Waals surface area (Å²) in [4.78, 5) is 35.8. The molecule has 4 atom stereocenters. The zero-order chi connectivity index (χ0) is 16.3. The average molecular weight is 316 g/mol. The number of H-pyrrole nitrogens is 1. The molecule has 3 N–H and O–H groups in total. The highest BCUT2D eigenvalue weighted by Gasteiger charge is 2.44. The maximum atomic E-state index is 11.7. The van der Waals surface area contributed by atoms with Crippen LogP contribution in [0.1, 0.15) is 13.2 Å². The number of aliphatic hydroxyl groups excluding tert-OH is 2. The predicted molar refractivity (Wildman–Crippen MR) is 70.2 cm³/mol. The molecule has 1 aliphatic rings. The first-order chi connectivity index (χ1) is 10.4. The highest BCUT2D eigenvalue weighted by molar-refractivity contribution is 5.59. The Kier molecular flexibility index (Phi) is 4.96. The van der Waals surface area contributed by atoms with Gasteiger partial charge in [-0.25, -0.2) is 9.59 Å². The summed E-state index contributed by atoms with van der Waals surface area (Å²) in [5.41, 5.74) is -1.40. The minimum atomic E-state index is -1.43. The van der Waals surface area contributed by atoms with E-state index in [1.54, 1.807) is 6.92 Å². The van der Waals surface area contributed by atoms with Crippen LogP contribution in [0.5, 0.6) is 0 Å². The first-order valence-electron chi connectivity index (χ1n) is 6.56. The van der Waals surface area contributed by atoms with Gasteiger partial charge in [0.05, 0.1) is 6.61 Å². The van der Waals surface area contributed by atoms with Crippen molar-refractivity contribution in [1.29, 1.82) is 0 Å². The third kappa shape index (κ3) is 3.35. The minimum Gasteiger partial charge on any atom is -0.435 e. The highest BCUT2D eigenvalue weighted by Crippen LogP contribution is 2.28. The van der Waals surface area contributed by atoms with Crippen molar-refractivity contribution in [2.75, 3.05) is 13.2 Å². The number of carbonyl (C=O) groups excluding carboxylic acids is 1. The Morgan fingerprint density at radius 2 is 2.09 bits per heavy atom. The van der Waals surface area contributed by atoms with Crippen molar-refractivity contribution in [1.82, 2.24) is 9.55 Å². The topological polar surface area (TPSA) is 140 Å². The number of aromatic amines is 1. The van der Waals surface area contributed by atoms with E-state index in [2.05, 4.69) is 4.74 Å². The number of hydrogen-bond acceptors (Lipinski definition) is 8. The normalized spacial score (nSPS) is 27.6. The molecule has 0 saturated carbocycles. The van der Waals surface area contributed by atoms with E-state index >= 15 is 0 Å². The Morgan fingerprint density at radius 1 is 1.36 bits per heavy atom. The summed E-state index contributed by atoms with van der Waals surface area (Å²) in [6, 6.07) is 1.08. The monoisotopic (exact) mass is 316 g/mol. The van der Waals surface area contributed by atoms with E-state index in [-0.39, 0.29) is 13.2 Å². The van der Waals surface area contributed by atoms with Crippen LogP contribution in [0.4, 0.5) is 4.79 Å². The van der Waals surface area contributed by atoms with Crippen molar-refractivity contribution in [2.45, 2.75) is 31.5 Å². The van der Waals surface area contributed by atoms with E-state index in [9.17, 15) is 24.6 Å². The molecule has 0 unspecified atom stereocenters. The molecule has 0 radical (unpaired) electrons. The van der Waals surface area contributed by atoms with Crippen LogP contribution in [0.2, 0.25) is 0 Å². The van der Waals surface area contributed by atoms with E-state index in [1.165, 1.54) is 0 Å². The average Bonchev–Trinajstić information content (AvgIpc) is 2.74. The summed E-state index contributed by atoms with van der Waals surface area (Å²) in [7, 11) is 0. The third-order valence-corrected chi connectivity index (χ3v) is 3.09. The van der Waals surface area contributed by atoms with E-state index in [1.807, 2.05) is 4.98 Å². The predicted octanol–water partition coefficient (Wildman–Crippen LogP) is -1.67. The van der Waals surface area contributed by atoms with E-state index < -0.39 is 41.9 Å². The number of ether oxygens (including phenoxy) is 3. The molecule has 22 heavy (non-hydrogen) atoms. The molecule has 10 nitrogen and oxygen atoms in total. The summed E-state index contributed by atoms with van der Waals surface area (Å²) in [6.45, 7) is 1.38. The summed E-state index contributed by atoms with van der Waals surface area (Å²) < 4.78 is 15.5.